The van der Waals surface area contributed by atoms with Crippen LogP contribution in [-0.2, 0) is 12.7 Å². The molecule has 0 bridgehead atoms. The summed E-state index contributed by atoms with van der Waals surface area (Å²) in [6.07, 6.45) is -9.76. The number of aromatic nitrogens is 1. The molecule has 0 aliphatic carbocycles. The van der Waals surface area contributed by atoms with Crippen LogP contribution in [0.25, 0.3) is 0 Å². The van der Waals surface area contributed by atoms with Gasteiger partial charge in [-0.2, -0.15) is 13.2 Å². The predicted octanol–water partition coefficient (Wildman–Crippen LogP) is 2.77. The van der Waals surface area contributed by atoms with Crippen molar-refractivity contribution in [2.24, 2.45) is 5.73 Å². The van der Waals surface area contributed by atoms with Crippen LogP contribution in [0.1, 0.15) is 16.8 Å². The molecule has 0 saturated carbocycles. The van der Waals surface area contributed by atoms with E-state index in [1.165, 1.54) is 0 Å². The van der Waals surface area contributed by atoms with Gasteiger partial charge in [-0.1, -0.05) is 0 Å². The average Bonchev–Trinajstić information content (AvgIpc) is 2.11. The minimum Gasteiger partial charge on any atom is -0.388 e. The molecule has 0 fully saturated rings. The van der Waals surface area contributed by atoms with Gasteiger partial charge < -0.3 is 10.5 Å². The lowest BCUT2D eigenvalue weighted by molar-refractivity contribution is -0.276. The summed E-state index contributed by atoms with van der Waals surface area (Å²) in [6, 6.07) is 0.565. The molecule has 0 saturated heterocycles. The van der Waals surface area contributed by atoms with Crippen LogP contribution in [0, 0.1) is 6.92 Å². The van der Waals surface area contributed by atoms with Crippen LogP contribution in [0.2, 0.25) is 0 Å². The third kappa shape index (κ3) is 3.49. The van der Waals surface area contributed by atoms with Crippen molar-refractivity contribution in [2.45, 2.75) is 26.0 Å². The number of pyridine rings is 1. The Morgan fingerprint density at radius 2 is 1.78 bits per heavy atom. The van der Waals surface area contributed by atoms with Gasteiger partial charge in [-0.05, 0) is 12.5 Å². The van der Waals surface area contributed by atoms with Crippen LogP contribution in [-0.4, -0.2) is 11.3 Å². The number of alkyl halides is 6. The highest BCUT2D eigenvalue weighted by Crippen LogP contribution is 2.35. The Morgan fingerprint density at radius 3 is 2.17 bits per heavy atom. The van der Waals surface area contributed by atoms with Gasteiger partial charge in [0.15, 0.2) is 0 Å². The third-order valence-corrected chi connectivity index (χ3v) is 1.97. The first-order valence-corrected chi connectivity index (χ1v) is 4.58. The first-order valence-electron chi connectivity index (χ1n) is 4.58. The molecule has 0 atom stereocenters. The van der Waals surface area contributed by atoms with E-state index >= 15 is 0 Å². The predicted molar refractivity (Wildman–Crippen MR) is 48.6 cm³/mol. The highest BCUT2D eigenvalue weighted by molar-refractivity contribution is 5.36. The van der Waals surface area contributed by atoms with E-state index in [-0.39, 0.29) is 0 Å². The fraction of sp³-hybridized carbons (Fsp3) is 0.444. The van der Waals surface area contributed by atoms with Crippen molar-refractivity contribution in [3.63, 3.8) is 0 Å². The molecule has 18 heavy (non-hydrogen) atoms. The zero-order valence-electron chi connectivity index (χ0n) is 8.99. The van der Waals surface area contributed by atoms with Gasteiger partial charge in [0.25, 0.3) is 0 Å². The van der Waals surface area contributed by atoms with Gasteiger partial charge in [0.05, 0.1) is 11.3 Å². The normalized spacial score (nSPS) is 12.7. The monoisotopic (exact) mass is 274 g/mol. The van der Waals surface area contributed by atoms with Crippen molar-refractivity contribution < 1.29 is 31.1 Å². The zero-order valence-corrected chi connectivity index (χ0v) is 8.99. The van der Waals surface area contributed by atoms with Crippen molar-refractivity contribution in [2.75, 3.05) is 0 Å². The summed E-state index contributed by atoms with van der Waals surface area (Å²) in [7, 11) is 0. The second-order valence-electron chi connectivity index (χ2n) is 3.35. The molecule has 1 aromatic heterocycles. The Bertz CT molecular complexity index is 440. The number of hydrogen-bond donors (Lipinski definition) is 1. The van der Waals surface area contributed by atoms with Crippen molar-refractivity contribution in [3.05, 3.63) is 22.9 Å². The quantitative estimate of drug-likeness (QED) is 0.843. The summed E-state index contributed by atoms with van der Waals surface area (Å²) in [5.74, 6) is -0.964. The Hall–Kier alpha value is -1.51. The molecule has 1 heterocycles. The van der Waals surface area contributed by atoms with Gasteiger partial charge in [0, 0.05) is 12.6 Å². The standard InChI is InChI=1S/C9H8F6N2O/c1-4-2-6(18-9(13,14)15)17-5(3-16)7(4)8(10,11)12/h2H,3,16H2,1H3. The Labute approximate surface area is 97.6 Å². The van der Waals surface area contributed by atoms with Gasteiger partial charge in [-0.25, -0.2) is 4.98 Å². The number of ether oxygens (including phenoxy) is 1. The largest absolute Gasteiger partial charge is 0.574 e. The minimum atomic E-state index is -5.02. The van der Waals surface area contributed by atoms with Crippen molar-refractivity contribution in [1.29, 1.82) is 0 Å². The van der Waals surface area contributed by atoms with Crippen LogP contribution in [0.3, 0.4) is 0 Å². The highest BCUT2D eigenvalue weighted by atomic mass is 19.4. The summed E-state index contributed by atoms with van der Waals surface area (Å²) in [4.78, 5) is 3.12. The van der Waals surface area contributed by atoms with Crippen LogP contribution in [0.5, 0.6) is 5.88 Å². The average molecular weight is 274 g/mol. The Morgan fingerprint density at radius 1 is 1.22 bits per heavy atom. The first-order chi connectivity index (χ1) is 8.04. The maximum absolute atomic E-state index is 12.6. The Kier molecular flexibility index (Phi) is 3.75. The molecule has 1 aromatic rings. The van der Waals surface area contributed by atoms with E-state index in [1.54, 1.807) is 0 Å². The van der Waals surface area contributed by atoms with Crippen molar-refractivity contribution in [3.8, 4) is 5.88 Å². The Balaban J connectivity index is 3.28. The van der Waals surface area contributed by atoms with Crippen molar-refractivity contribution in [1.82, 2.24) is 4.98 Å². The van der Waals surface area contributed by atoms with E-state index in [4.69, 9.17) is 5.73 Å². The highest BCUT2D eigenvalue weighted by Gasteiger charge is 2.37. The molecule has 2 N–H and O–H groups in total. The lowest BCUT2D eigenvalue weighted by atomic mass is 10.1. The topological polar surface area (TPSA) is 48.1 Å². The number of nitrogens with two attached hydrogens (primary N) is 1. The molecular formula is C9H8F6N2O. The SMILES string of the molecule is Cc1cc(OC(F)(F)F)nc(CN)c1C(F)(F)F. The number of rotatable bonds is 2. The van der Waals surface area contributed by atoms with Gasteiger partial charge in [-0.15, -0.1) is 13.2 Å². The third-order valence-electron chi connectivity index (χ3n) is 1.97. The lowest BCUT2D eigenvalue weighted by Gasteiger charge is -2.16. The van der Waals surface area contributed by atoms with Crippen molar-refractivity contribution >= 4 is 0 Å². The van der Waals surface area contributed by atoms with Crippen LogP contribution >= 0.6 is 0 Å². The minimum absolute atomic E-state index is 0.433. The van der Waals surface area contributed by atoms with E-state index in [0.29, 0.717) is 6.07 Å². The van der Waals surface area contributed by atoms with E-state index in [1.807, 2.05) is 0 Å². The number of aryl methyl sites for hydroxylation is 1. The number of nitrogens with zero attached hydrogens (tertiary/aromatic N) is 1. The summed E-state index contributed by atoms with van der Waals surface area (Å²) in [6.45, 7) is 0.359. The first kappa shape index (κ1) is 14.6. The van der Waals surface area contributed by atoms with Gasteiger partial charge >= 0.3 is 12.5 Å². The molecule has 0 amide bonds. The van der Waals surface area contributed by atoms with E-state index in [0.717, 1.165) is 6.92 Å². The molecule has 0 aromatic carbocycles. The summed E-state index contributed by atoms with van der Waals surface area (Å²) in [5.41, 5.74) is 2.78. The second kappa shape index (κ2) is 4.63. The van der Waals surface area contributed by atoms with E-state index in [9.17, 15) is 26.3 Å². The fourth-order valence-electron chi connectivity index (χ4n) is 1.41. The fourth-order valence-corrected chi connectivity index (χ4v) is 1.41. The molecule has 0 spiro atoms. The number of halogens is 6. The molecule has 3 nitrogen and oxygen atoms in total. The molecule has 0 aliphatic heterocycles. The zero-order chi connectivity index (χ0) is 14.1. The summed E-state index contributed by atoms with van der Waals surface area (Å²) >= 11 is 0. The molecule has 9 heteroatoms. The molecule has 1 rings (SSSR count). The van der Waals surface area contributed by atoms with Gasteiger partial charge in [-0.3, -0.25) is 0 Å². The molecule has 0 unspecified atom stereocenters. The number of hydrogen-bond acceptors (Lipinski definition) is 3. The molecule has 0 aliphatic rings. The summed E-state index contributed by atoms with van der Waals surface area (Å²) in [5, 5.41) is 0. The van der Waals surface area contributed by atoms with Gasteiger partial charge in [0.2, 0.25) is 5.88 Å². The maximum atomic E-state index is 12.6. The molecule has 102 valence electrons. The lowest BCUT2D eigenvalue weighted by Crippen LogP contribution is -2.21. The summed E-state index contributed by atoms with van der Waals surface area (Å²) < 4.78 is 77.1. The molecular weight excluding hydrogens is 266 g/mol. The smallest absolute Gasteiger partial charge is 0.388 e. The van der Waals surface area contributed by atoms with Crippen LogP contribution < -0.4 is 10.5 Å². The van der Waals surface area contributed by atoms with Crippen LogP contribution in [0.4, 0.5) is 26.3 Å². The second-order valence-corrected chi connectivity index (χ2v) is 3.35. The van der Waals surface area contributed by atoms with E-state index < -0.39 is 41.8 Å². The maximum Gasteiger partial charge on any atom is 0.574 e. The molecule has 0 radical (unpaired) electrons. The van der Waals surface area contributed by atoms with Crippen LogP contribution in [0.15, 0.2) is 6.07 Å². The van der Waals surface area contributed by atoms with Gasteiger partial charge in [0.1, 0.15) is 0 Å². The van der Waals surface area contributed by atoms with E-state index in [2.05, 4.69) is 9.72 Å².